The van der Waals surface area contributed by atoms with Crippen LogP contribution < -0.4 is 15.7 Å². The molecule has 2 heterocycles. The Morgan fingerprint density at radius 1 is 1.02 bits per heavy atom. The maximum Gasteiger partial charge on any atom is 0.351 e. The summed E-state index contributed by atoms with van der Waals surface area (Å²) in [5, 5.41) is 2.32. The molecule has 11 nitrogen and oxygen atoms in total. The van der Waals surface area contributed by atoms with E-state index in [4.69, 9.17) is 13.6 Å². The molecule has 1 aromatic heterocycles. The molecule has 0 saturated carbocycles. The molecule has 2 amide bonds. The minimum atomic E-state index is -4.09. The van der Waals surface area contributed by atoms with E-state index in [1.54, 1.807) is 18.2 Å². The normalized spacial score (nSPS) is 20.4. The Labute approximate surface area is 251 Å². The van der Waals surface area contributed by atoms with Gasteiger partial charge in [-0.25, -0.2) is 22.7 Å². The summed E-state index contributed by atoms with van der Waals surface area (Å²) in [7, 11) is -8.32. The zero-order valence-corrected chi connectivity index (χ0v) is 29.2. The predicted molar refractivity (Wildman–Crippen MR) is 168 cm³/mol. The minimum absolute atomic E-state index is 0.0177. The van der Waals surface area contributed by atoms with E-state index in [1.165, 1.54) is 29.0 Å². The number of rotatable bonds is 9. The lowest BCUT2D eigenvalue weighted by atomic mass is 10.2. The molecule has 234 valence electrons. The average molecular weight is 639 g/mol. The minimum Gasteiger partial charge on any atom is -0.414 e. The van der Waals surface area contributed by atoms with E-state index in [9.17, 15) is 18.0 Å². The molecule has 1 aliphatic rings. The Morgan fingerprint density at radius 3 is 2.17 bits per heavy atom. The van der Waals surface area contributed by atoms with Crippen LogP contribution in [0.2, 0.25) is 36.3 Å². The predicted octanol–water partition coefficient (Wildman–Crippen LogP) is 5.45. The second-order valence-electron chi connectivity index (χ2n) is 13.7. The molecule has 1 fully saturated rings. The van der Waals surface area contributed by atoms with Crippen molar-refractivity contribution in [2.45, 2.75) is 108 Å². The number of hydrogen-bond donors (Lipinski definition) is 2. The first kappa shape index (κ1) is 34.1. The number of sulfonamides is 1. The van der Waals surface area contributed by atoms with Gasteiger partial charge < -0.3 is 13.6 Å². The largest absolute Gasteiger partial charge is 0.414 e. The van der Waals surface area contributed by atoms with Crippen molar-refractivity contribution >= 4 is 38.5 Å². The summed E-state index contributed by atoms with van der Waals surface area (Å²) in [6.07, 6.45) is 0.606. The van der Waals surface area contributed by atoms with Crippen molar-refractivity contribution in [3.63, 3.8) is 0 Å². The van der Waals surface area contributed by atoms with Crippen molar-refractivity contribution in [2.75, 3.05) is 11.9 Å². The number of carbonyl (C=O) groups excluding carboxylic acids is 1. The first-order valence-corrected chi connectivity index (χ1v) is 21.4. The number of aromatic nitrogens is 2. The lowest BCUT2D eigenvalue weighted by Crippen LogP contribution is -2.48. The molecule has 0 radical (unpaired) electrons. The number of anilines is 1. The first-order chi connectivity index (χ1) is 19.1. The smallest absolute Gasteiger partial charge is 0.351 e. The van der Waals surface area contributed by atoms with Gasteiger partial charge in [0.1, 0.15) is 18.1 Å². The number of urea groups is 1. The van der Waals surface area contributed by atoms with E-state index < -0.39 is 44.6 Å². The number of carbonyl (C=O) groups is 1. The van der Waals surface area contributed by atoms with Gasteiger partial charge in [0.25, 0.3) is 10.0 Å². The Bertz CT molecular complexity index is 1420. The van der Waals surface area contributed by atoms with Crippen LogP contribution in [0.4, 0.5) is 10.6 Å². The Hall–Kier alpha value is -2.37. The zero-order chi connectivity index (χ0) is 31.7. The molecule has 0 unspecified atom stereocenters. The topological polar surface area (TPSA) is 138 Å². The summed E-state index contributed by atoms with van der Waals surface area (Å²) in [4.78, 5) is 29.3. The molecule has 42 heavy (non-hydrogen) atoms. The van der Waals surface area contributed by atoms with Crippen molar-refractivity contribution in [3.8, 4) is 0 Å². The van der Waals surface area contributed by atoms with Crippen molar-refractivity contribution in [2.24, 2.45) is 0 Å². The Balaban J connectivity index is 1.77. The Kier molecular flexibility index (Phi) is 10.0. The molecule has 1 aromatic carbocycles. The number of amides is 2. The van der Waals surface area contributed by atoms with Gasteiger partial charge in [0, 0.05) is 12.6 Å². The van der Waals surface area contributed by atoms with Crippen LogP contribution in [0.3, 0.4) is 0 Å². The van der Waals surface area contributed by atoms with Gasteiger partial charge in [0.15, 0.2) is 16.6 Å². The van der Waals surface area contributed by atoms with Gasteiger partial charge in [-0.3, -0.25) is 9.88 Å². The van der Waals surface area contributed by atoms with Gasteiger partial charge in [0.2, 0.25) is 0 Å². The maximum atomic E-state index is 13.0. The number of hydrogen-bond acceptors (Lipinski definition) is 8. The van der Waals surface area contributed by atoms with E-state index in [0.717, 1.165) is 0 Å². The van der Waals surface area contributed by atoms with Gasteiger partial charge >= 0.3 is 11.7 Å². The summed E-state index contributed by atoms with van der Waals surface area (Å²) < 4.78 is 47.8. The van der Waals surface area contributed by atoms with Crippen LogP contribution >= 0.6 is 0 Å². The summed E-state index contributed by atoms with van der Waals surface area (Å²) in [6.45, 7) is 22.2. The first-order valence-electron chi connectivity index (χ1n) is 14.1. The van der Waals surface area contributed by atoms with E-state index in [2.05, 4.69) is 78.0 Å². The molecular weight excluding hydrogens is 593 g/mol. The van der Waals surface area contributed by atoms with E-state index >= 15 is 0 Å². The molecule has 0 bridgehead atoms. The average Bonchev–Trinajstić information content (AvgIpc) is 3.23. The molecule has 3 atom stereocenters. The fraction of sp³-hybridized carbons (Fsp3) is 0.607. The highest BCUT2D eigenvalue weighted by molar-refractivity contribution is 7.90. The molecule has 14 heteroatoms. The summed E-state index contributed by atoms with van der Waals surface area (Å²) >= 11 is 0. The van der Waals surface area contributed by atoms with Gasteiger partial charge in [-0.05, 0) is 54.5 Å². The molecule has 3 rings (SSSR count). The molecule has 0 aliphatic carbocycles. The highest BCUT2D eigenvalue weighted by Gasteiger charge is 2.46. The van der Waals surface area contributed by atoms with Crippen LogP contribution in [0, 0.1) is 0 Å². The van der Waals surface area contributed by atoms with Gasteiger partial charge in [-0.2, -0.15) is 4.98 Å². The van der Waals surface area contributed by atoms with E-state index in [-0.39, 0.29) is 33.0 Å². The fourth-order valence-electron chi connectivity index (χ4n) is 3.83. The van der Waals surface area contributed by atoms with Crippen LogP contribution in [0.15, 0.2) is 52.3 Å². The SMILES string of the molecule is CC(C)(C)[Si](C)(C)OC[C@H]1O[C@@H](n2ccc(NC(=O)NS(=O)(=O)c3ccccc3)nc2=O)C[C@@H]1O[Si](C)(C)C(C)(C)C. The number of benzene rings is 1. The third-order valence-electron chi connectivity index (χ3n) is 8.51. The quantitative estimate of drug-likeness (QED) is 0.346. The molecule has 2 N–H and O–H groups in total. The summed E-state index contributed by atoms with van der Waals surface area (Å²) in [5.74, 6) is -0.0955. The Morgan fingerprint density at radius 2 is 1.62 bits per heavy atom. The summed E-state index contributed by atoms with van der Waals surface area (Å²) in [5.41, 5.74) is -0.652. The van der Waals surface area contributed by atoms with Crippen molar-refractivity contribution < 1.29 is 26.8 Å². The monoisotopic (exact) mass is 638 g/mol. The lowest BCUT2D eigenvalue weighted by Gasteiger charge is -2.40. The molecule has 0 spiro atoms. The summed E-state index contributed by atoms with van der Waals surface area (Å²) in [6, 6.07) is 7.87. The maximum absolute atomic E-state index is 13.0. The molecule has 2 aromatic rings. The zero-order valence-electron chi connectivity index (χ0n) is 26.3. The third kappa shape index (κ3) is 8.17. The van der Waals surface area contributed by atoms with Crippen LogP contribution in [-0.4, -0.2) is 59.4 Å². The highest BCUT2D eigenvalue weighted by Crippen LogP contribution is 2.42. The second kappa shape index (κ2) is 12.3. The lowest BCUT2D eigenvalue weighted by molar-refractivity contribution is -0.0411. The molecule has 1 saturated heterocycles. The van der Waals surface area contributed by atoms with Gasteiger partial charge in [0.05, 0.1) is 17.6 Å². The number of ether oxygens (including phenoxy) is 1. The molecular formula is C28H46N4O7SSi2. The van der Waals surface area contributed by atoms with E-state index in [1.807, 2.05) is 4.72 Å². The molecule has 1 aliphatic heterocycles. The van der Waals surface area contributed by atoms with Crippen molar-refractivity contribution in [3.05, 3.63) is 53.1 Å². The number of nitrogens with one attached hydrogen (secondary N) is 2. The fourth-order valence-corrected chi connectivity index (χ4v) is 7.13. The van der Waals surface area contributed by atoms with Crippen LogP contribution in [0.1, 0.15) is 54.2 Å². The van der Waals surface area contributed by atoms with Crippen LogP contribution in [-0.2, 0) is 23.6 Å². The van der Waals surface area contributed by atoms with Crippen LogP contribution in [0.25, 0.3) is 0 Å². The van der Waals surface area contributed by atoms with Crippen molar-refractivity contribution in [1.82, 2.24) is 14.3 Å². The third-order valence-corrected chi connectivity index (χ3v) is 18.9. The van der Waals surface area contributed by atoms with Gasteiger partial charge in [-0.1, -0.05) is 59.7 Å². The second-order valence-corrected chi connectivity index (χ2v) is 25.0. The van der Waals surface area contributed by atoms with Crippen LogP contribution in [0.5, 0.6) is 0 Å². The highest BCUT2D eigenvalue weighted by atomic mass is 32.2. The van der Waals surface area contributed by atoms with E-state index in [0.29, 0.717) is 13.0 Å². The van der Waals surface area contributed by atoms with Crippen molar-refractivity contribution in [1.29, 1.82) is 0 Å². The van der Waals surface area contributed by atoms with Gasteiger partial charge in [-0.15, -0.1) is 0 Å². The standard InChI is InChI=1S/C28H46N4O7SSi2/c1-27(2,3)41(7,8)37-19-22-21(39-42(9,10)28(4,5)6)18-24(38-22)32-17-16-23(30-26(32)34)29-25(33)31-40(35,36)20-14-12-11-13-15-20/h11-17,21-22,24H,18-19H2,1-10H3,(H2,29,30,31,33,34)/t21-,22+,24+/m0/s1. The number of nitrogens with zero attached hydrogens (tertiary/aromatic N) is 2.